The Balaban J connectivity index is 1.41. The second kappa shape index (κ2) is 10.0. The van der Waals surface area contributed by atoms with E-state index in [1.807, 2.05) is 12.1 Å². The molecule has 33 heavy (non-hydrogen) atoms. The Morgan fingerprint density at radius 3 is 2.03 bits per heavy atom. The number of rotatable bonds is 8. The molecule has 1 aliphatic rings. The average Bonchev–Trinajstić information content (AvgIpc) is 3.32. The van der Waals surface area contributed by atoms with Crippen molar-refractivity contribution in [3.63, 3.8) is 0 Å². The lowest BCUT2D eigenvalue weighted by molar-refractivity contribution is 0.917. The summed E-state index contributed by atoms with van der Waals surface area (Å²) in [7, 11) is 0. The molecule has 4 heteroatoms. The van der Waals surface area contributed by atoms with Gasteiger partial charge in [-0.2, -0.15) is 0 Å². The van der Waals surface area contributed by atoms with Crippen LogP contribution in [0.2, 0.25) is 0 Å². The van der Waals surface area contributed by atoms with Crippen molar-refractivity contribution in [1.29, 1.82) is 5.41 Å². The molecule has 0 saturated heterocycles. The van der Waals surface area contributed by atoms with E-state index >= 15 is 0 Å². The fourth-order valence-corrected chi connectivity index (χ4v) is 4.65. The van der Waals surface area contributed by atoms with E-state index in [0.717, 1.165) is 50.2 Å². The van der Waals surface area contributed by atoms with Gasteiger partial charge in [0.05, 0.1) is 6.54 Å². The molecule has 4 rings (SSSR count). The second-order valence-electron chi connectivity index (χ2n) is 9.18. The normalized spacial score (nSPS) is 13.0. The highest BCUT2D eigenvalue weighted by atomic mass is 15.1. The number of benzene rings is 3. The zero-order valence-electron chi connectivity index (χ0n) is 20.0. The van der Waals surface area contributed by atoms with Crippen molar-refractivity contribution in [2.45, 2.75) is 46.5 Å². The van der Waals surface area contributed by atoms with Gasteiger partial charge in [-0.1, -0.05) is 48.0 Å². The Bertz CT molecular complexity index is 1210. The van der Waals surface area contributed by atoms with Gasteiger partial charge in [-0.15, -0.1) is 0 Å². The van der Waals surface area contributed by atoms with Gasteiger partial charge in [-0.25, -0.2) is 0 Å². The van der Waals surface area contributed by atoms with Crippen molar-refractivity contribution < 1.29 is 0 Å². The summed E-state index contributed by atoms with van der Waals surface area (Å²) >= 11 is 0. The molecule has 0 aromatic heterocycles. The van der Waals surface area contributed by atoms with Gasteiger partial charge in [0.2, 0.25) is 0 Å². The highest BCUT2D eigenvalue weighted by Gasteiger charge is 2.10. The maximum Gasteiger partial charge on any atom is 0.128 e. The van der Waals surface area contributed by atoms with Crippen molar-refractivity contribution in [3.8, 4) is 0 Å². The number of hydrogen-bond acceptors (Lipinski definition) is 3. The minimum atomic E-state index is 0.127. The van der Waals surface area contributed by atoms with Gasteiger partial charge in [0.1, 0.15) is 11.7 Å². The van der Waals surface area contributed by atoms with Crippen LogP contribution >= 0.6 is 0 Å². The molecular formula is C29H34N4. The fourth-order valence-electron chi connectivity index (χ4n) is 4.65. The van der Waals surface area contributed by atoms with Gasteiger partial charge in [0, 0.05) is 17.7 Å². The smallest absolute Gasteiger partial charge is 0.128 e. The van der Waals surface area contributed by atoms with Gasteiger partial charge in [0.15, 0.2) is 0 Å². The molecule has 4 N–H and O–H groups in total. The van der Waals surface area contributed by atoms with Crippen LogP contribution in [0.25, 0.3) is 0 Å². The lowest BCUT2D eigenvalue weighted by Crippen LogP contribution is -2.19. The van der Waals surface area contributed by atoms with E-state index < -0.39 is 0 Å². The number of aryl methyl sites for hydroxylation is 7. The standard InChI is InChI=1S/C29H34N4/c1-19-14-22(4-6-24-8-10-26(28(30)31)16-20(24)2)18-23(15-19)5-7-25-9-11-27(17-21(25)3)29-32-12-13-33-29/h8-11,14-18H,4-7,12-13H2,1-3H3,(H3,30,31)(H,32,33). The first-order valence-electron chi connectivity index (χ1n) is 11.8. The van der Waals surface area contributed by atoms with E-state index in [0.29, 0.717) is 0 Å². The van der Waals surface area contributed by atoms with Crippen LogP contribution in [0.15, 0.2) is 59.6 Å². The van der Waals surface area contributed by atoms with Crippen LogP contribution in [-0.4, -0.2) is 24.8 Å². The highest BCUT2D eigenvalue weighted by Crippen LogP contribution is 2.19. The van der Waals surface area contributed by atoms with Crippen LogP contribution in [0.1, 0.15) is 50.1 Å². The predicted molar refractivity (Wildman–Crippen MR) is 139 cm³/mol. The molecule has 0 saturated carbocycles. The third-order valence-corrected chi connectivity index (χ3v) is 6.51. The van der Waals surface area contributed by atoms with Crippen molar-refractivity contribution in [1.82, 2.24) is 5.32 Å². The minimum absolute atomic E-state index is 0.127. The third kappa shape index (κ3) is 5.70. The number of nitrogens with one attached hydrogen (secondary N) is 2. The first kappa shape index (κ1) is 22.8. The molecule has 0 atom stereocenters. The quantitative estimate of drug-likeness (QED) is 0.349. The molecule has 0 bridgehead atoms. The SMILES string of the molecule is Cc1cc(CCc2ccc(C(=N)N)cc2C)cc(CCc2ccc(C3=NCCN3)cc2C)c1. The Morgan fingerprint density at radius 2 is 1.48 bits per heavy atom. The van der Waals surface area contributed by atoms with Gasteiger partial charge >= 0.3 is 0 Å². The number of nitrogen functional groups attached to an aromatic ring is 1. The Morgan fingerprint density at radius 1 is 0.848 bits per heavy atom. The van der Waals surface area contributed by atoms with E-state index in [1.165, 1.54) is 44.5 Å². The van der Waals surface area contributed by atoms with Crippen molar-refractivity contribution in [2.75, 3.05) is 13.1 Å². The maximum atomic E-state index is 7.62. The van der Waals surface area contributed by atoms with Crippen LogP contribution in [0.3, 0.4) is 0 Å². The molecular weight excluding hydrogens is 404 g/mol. The average molecular weight is 439 g/mol. The maximum absolute atomic E-state index is 7.62. The van der Waals surface area contributed by atoms with Crippen molar-refractivity contribution in [3.05, 3.63) is 105 Å². The second-order valence-corrected chi connectivity index (χ2v) is 9.18. The summed E-state index contributed by atoms with van der Waals surface area (Å²) in [4.78, 5) is 4.54. The molecule has 0 fully saturated rings. The Hall–Kier alpha value is -3.40. The van der Waals surface area contributed by atoms with E-state index in [1.54, 1.807) is 0 Å². The molecule has 0 radical (unpaired) electrons. The summed E-state index contributed by atoms with van der Waals surface area (Å²) in [5, 5.41) is 11.0. The molecule has 0 spiro atoms. The van der Waals surface area contributed by atoms with E-state index in [2.05, 4.69) is 73.5 Å². The summed E-state index contributed by atoms with van der Waals surface area (Å²) in [6.07, 6.45) is 4.09. The first-order chi connectivity index (χ1) is 15.9. The van der Waals surface area contributed by atoms with Gasteiger partial charge in [0.25, 0.3) is 0 Å². The van der Waals surface area contributed by atoms with Crippen molar-refractivity contribution >= 4 is 11.7 Å². The summed E-state index contributed by atoms with van der Waals surface area (Å²) in [5.41, 5.74) is 17.0. The summed E-state index contributed by atoms with van der Waals surface area (Å²) in [6.45, 7) is 8.31. The number of nitrogens with zero attached hydrogens (tertiary/aromatic N) is 1. The minimum Gasteiger partial charge on any atom is -0.384 e. The number of hydrogen-bond donors (Lipinski definition) is 3. The van der Waals surface area contributed by atoms with E-state index in [9.17, 15) is 0 Å². The van der Waals surface area contributed by atoms with Crippen LogP contribution < -0.4 is 11.1 Å². The topological polar surface area (TPSA) is 74.3 Å². The molecule has 3 aromatic carbocycles. The van der Waals surface area contributed by atoms with E-state index in [4.69, 9.17) is 11.1 Å². The lowest BCUT2D eigenvalue weighted by Gasteiger charge is -2.12. The number of aliphatic imine (C=N–C) groups is 1. The number of amidine groups is 2. The summed E-state index contributed by atoms with van der Waals surface area (Å²) < 4.78 is 0. The van der Waals surface area contributed by atoms with Crippen LogP contribution in [0, 0.1) is 26.2 Å². The van der Waals surface area contributed by atoms with Crippen molar-refractivity contribution in [2.24, 2.45) is 10.7 Å². The van der Waals surface area contributed by atoms with Crippen LogP contribution in [0.4, 0.5) is 0 Å². The molecule has 3 aromatic rings. The Labute approximate surface area is 197 Å². The zero-order chi connectivity index (χ0) is 23.4. The van der Waals surface area contributed by atoms with Gasteiger partial charge < -0.3 is 11.1 Å². The number of nitrogens with two attached hydrogens (primary N) is 1. The molecule has 0 unspecified atom stereocenters. The molecule has 0 aliphatic carbocycles. The molecule has 1 heterocycles. The summed E-state index contributed by atoms with van der Waals surface area (Å²) in [6, 6.07) is 19.8. The first-order valence-corrected chi connectivity index (χ1v) is 11.8. The van der Waals surface area contributed by atoms with Gasteiger partial charge in [-0.05, 0) is 92.0 Å². The highest BCUT2D eigenvalue weighted by molar-refractivity contribution is 6.00. The monoisotopic (exact) mass is 438 g/mol. The molecule has 4 nitrogen and oxygen atoms in total. The van der Waals surface area contributed by atoms with E-state index in [-0.39, 0.29) is 5.84 Å². The van der Waals surface area contributed by atoms with Crippen LogP contribution in [-0.2, 0) is 25.7 Å². The molecule has 170 valence electrons. The largest absolute Gasteiger partial charge is 0.384 e. The lowest BCUT2D eigenvalue weighted by atomic mass is 9.94. The summed E-state index contributed by atoms with van der Waals surface area (Å²) in [5.74, 6) is 1.15. The molecule has 1 aliphatic heterocycles. The fraction of sp³-hybridized carbons (Fsp3) is 0.310. The van der Waals surface area contributed by atoms with Crippen LogP contribution in [0.5, 0.6) is 0 Å². The zero-order valence-corrected chi connectivity index (χ0v) is 20.0. The molecule has 0 amide bonds. The Kier molecular flexibility index (Phi) is 6.93. The predicted octanol–water partition coefficient (Wildman–Crippen LogP) is 4.82. The third-order valence-electron chi connectivity index (χ3n) is 6.51. The van der Waals surface area contributed by atoms with Gasteiger partial charge in [-0.3, -0.25) is 10.4 Å².